The van der Waals surface area contributed by atoms with E-state index in [1.807, 2.05) is 0 Å². The van der Waals surface area contributed by atoms with Crippen molar-refractivity contribution in [1.29, 1.82) is 0 Å². The Labute approximate surface area is 95.5 Å². The zero-order chi connectivity index (χ0) is 11.5. The Morgan fingerprint density at radius 2 is 1.73 bits per heavy atom. The van der Waals surface area contributed by atoms with E-state index in [0.29, 0.717) is 0 Å². The lowest BCUT2D eigenvalue weighted by Crippen LogP contribution is -2.32. The van der Waals surface area contributed by atoms with Crippen molar-refractivity contribution in [3.8, 4) is 0 Å². The molecule has 0 unspecified atom stereocenters. The van der Waals surface area contributed by atoms with Gasteiger partial charge in [-0.05, 0) is 38.6 Å². The van der Waals surface area contributed by atoms with E-state index in [-0.39, 0.29) is 6.61 Å². The SMILES string of the molecule is CC(C)CCNC1CCCCC1.CCO. The minimum atomic E-state index is 0.250. The van der Waals surface area contributed by atoms with Crippen molar-refractivity contribution >= 4 is 0 Å². The zero-order valence-corrected chi connectivity index (χ0v) is 10.8. The largest absolute Gasteiger partial charge is 0.397 e. The fourth-order valence-electron chi connectivity index (χ4n) is 1.88. The van der Waals surface area contributed by atoms with Gasteiger partial charge in [-0.25, -0.2) is 0 Å². The van der Waals surface area contributed by atoms with Crippen LogP contribution in [-0.4, -0.2) is 24.3 Å². The Balaban J connectivity index is 0.000000583. The number of hydrogen-bond donors (Lipinski definition) is 2. The van der Waals surface area contributed by atoms with Crippen LogP contribution < -0.4 is 5.32 Å². The number of rotatable bonds is 4. The molecular weight excluding hydrogens is 186 g/mol. The highest BCUT2D eigenvalue weighted by Crippen LogP contribution is 2.17. The summed E-state index contributed by atoms with van der Waals surface area (Å²) in [6.07, 6.45) is 8.51. The highest BCUT2D eigenvalue weighted by molar-refractivity contribution is 4.71. The van der Waals surface area contributed by atoms with Gasteiger partial charge >= 0.3 is 0 Å². The predicted octanol–water partition coefficient (Wildman–Crippen LogP) is 2.95. The van der Waals surface area contributed by atoms with Gasteiger partial charge in [-0.3, -0.25) is 0 Å². The molecular formula is C13H29NO. The quantitative estimate of drug-likeness (QED) is 0.755. The molecule has 1 aliphatic rings. The first kappa shape index (κ1) is 14.9. The van der Waals surface area contributed by atoms with Gasteiger partial charge in [-0.15, -0.1) is 0 Å². The molecule has 2 nitrogen and oxygen atoms in total. The molecule has 1 saturated carbocycles. The molecule has 0 spiro atoms. The first-order valence-electron chi connectivity index (χ1n) is 6.55. The molecule has 1 fully saturated rings. The Morgan fingerprint density at radius 1 is 1.20 bits per heavy atom. The highest BCUT2D eigenvalue weighted by Gasteiger charge is 2.11. The van der Waals surface area contributed by atoms with E-state index in [0.717, 1.165) is 12.0 Å². The molecule has 0 aromatic carbocycles. The summed E-state index contributed by atoms with van der Waals surface area (Å²) in [6, 6.07) is 0.845. The molecule has 2 heteroatoms. The van der Waals surface area contributed by atoms with Crippen LogP contribution in [0.3, 0.4) is 0 Å². The van der Waals surface area contributed by atoms with Gasteiger partial charge in [-0.1, -0.05) is 33.1 Å². The van der Waals surface area contributed by atoms with Crippen LogP contribution in [0.1, 0.15) is 59.3 Å². The molecule has 0 aromatic rings. The molecule has 0 aromatic heterocycles. The minimum absolute atomic E-state index is 0.250. The lowest BCUT2D eigenvalue weighted by atomic mass is 9.95. The third kappa shape index (κ3) is 10.2. The first-order chi connectivity index (χ1) is 7.20. The van der Waals surface area contributed by atoms with Crippen molar-refractivity contribution in [2.45, 2.75) is 65.3 Å². The van der Waals surface area contributed by atoms with Gasteiger partial charge in [0, 0.05) is 12.6 Å². The van der Waals surface area contributed by atoms with Gasteiger partial charge in [0.1, 0.15) is 0 Å². The molecule has 2 N–H and O–H groups in total. The Morgan fingerprint density at radius 3 is 2.20 bits per heavy atom. The van der Waals surface area contributed by atoms with Crippen LogP contribution in [0.15, 0.2) is 0 Å². The Kier molecular flexibility index (Phi) is 10.4. The molecule has 15 heavy (non-hydrogen) atoms. The molecule has 1 aliphatic carbocycles. The number of aliphatic hydroxyl groups is 1. The summed E-state index contributed by atoms with van der Waals surface area (Å²) in [5.74, 6) is 0.848. The first-order valence-corrected chi connectivity index (χ1v) is 6.55. The van der Waals surface area contributed by atoms with Crippen molar-refractivity contribution in [2.75, 3.05) is 13.2 Å². The topological polar surface area (TPSA) is 32.3 Å². The van der Waals surface area contributed by atoms with Gasteiger partial charge < -0.3 is 10.4 Å². The second-order valence-electron chi connectivity index (χ2n) is 4.79. The van der Waals surface area contributed by atoms with Crippen LogP contribution in [0, 0.1) is 5.92 Å². The molecule has 0 heterocycles. The second-order valence-corrected chi connectivity index (χ2v) is 4.79. The summed E-state index contributed by atoms with van der Waals surface area (Å²) in [5.41, 5.74) is 0. The normalized spacial score (nSPS) is 17.4. The summed E-state index contributed by atoms with van der Waals surface area (Å²) < 4.78 is 0. The molecule has 0 bridgehead atoms. The third-order valence-corrected chi connectivity index (χ3v) is 2.76. The lowest BCUT2D eigenvalue weighted by Gasteiger charge is -2.23. The van der Waals surface area contributed by atoms with Gasteiger partial charge in [0.2, 0.25) is 0 Å². The van der Waals surface area contributed by atoms with E-state index in [2.05, 4.69) is 19.2 Å². The third-order valence-electron chi connectivity index (χ3n) is 2.76. The fourth-order valence-corrected chi connectivity index (χ4v) is 1.88. The smallest absolute Gasteiger partial charge is 0.0402 e. The van der Waals surface area contributed by atoms with E-state index in [4.69, 9.17) is 5.11 Å². The Hall–Kier alpha value is -0.0800. The maximum atomic E-state index is 7.57. The predicted molar refractivity (Wildman–Crippen MR) is 67.1 cm³/mol. The average Bonchev–Trinajstić information content (AvgIpc) is 2.20. The van der Waals surface area contributed by atoms with Gasteiger partial charge in [0.05, 0.1) is 0 Å². The van der Waals surface area contributed by atoms with E-state index in [1.165, 1.54) is 45.1 Å². The van der Waals surface area contributed by atoms with E-state index >= 15 is 0 Å². The van der Waals surface area contributed by atoms with Crippen LogP contribution in [0.4, 0.5) is 0 Å². The van der Waals surface area contributed by atoms with E-state index < -0.39 is 0 Å². The van der Waals surface area contributed by atoms with Crippen LogP contribution in [0.2, 0.25) is 0 Å². The van der Waals surface area contributed by atoms with Crippen LogP contribution in [0.5, 0.6) is 0 Å². The summed E-state index contributed by atoms with van der Waals surface area (Å²) in [7, 11) is 0. The van der Waals surface area contributed by atoms with E-state index in [9.17, 15) is 0 Å². The van der Waals surface area contributed by atoms with E-state index in [1.54, 1.807) is 6.92 Å². The summed E-state index contributed by atoms with van der Waals surface area (Å²) in [4.78, 5) is 0. The second kappa shape index (κ2) is 10.4. The summed E-state index contributed by atoms with van der Waals surface area (Å²) in [5, 5.41) is 11.2. The van der Waals surface area contributed by atoms with Gasteiger partial charge in [-0.2, -0.15) is 0 Å². The summed E-state index contributed by atoms with van der Waals surface area (Å²) in [6.45, 7) is 7.74. The van der Waals surface area contributed by atoms with Crippen LogP contribution in [-0.2, 0) is 0 Å². The van der Waals surface area contributed by atoms with Crippen molar-refractivity contribution < 1.29 is 5.11 Å². The van der Waals surface area contributed by atoms with Crippen molar-refractivity contribution in [2.24, 2.45) is 5.92 Å². The van der Waals surface area contributed by atoms with Crippen molar-refractivity contribution in [3.05, 3.63) is 0 Å². The summed E-state index contributed by atoms with van der Waals surface area (Å²) >= 11 is 0. The molecule has 0 atom stereocenters. The molecule has 0 radical (unpaired) electrons. The number of aliphatic hydroxyl groups excluding tert-OH is 1. The maximum Gasteiger partial charge on any atom is 0.0402 e. The zero-order valence-electron chi connectivity index (χ0n) is 10.8. The van der Waals surface area contributed by atoms with Crippen LogP contribution in [0.25, 0.3) is 0 Å². The van der Waals surface area contributed by atoms with Crippen molar-refractivity contribution in [1.82, 2.24) is 5.32 Å². The van der Waals surface area contributed by atoms with Crippen LogP contribution >= 0.6 is 0 Å². The molecule has 92 valence electrons. The monoisotopic (exact) mass is 215 g/mol. The van der Waals surface area contributed by atoms with Gasteiger partial charge in [0.15, 0.2) is 0 Å². The number of nitrogens with one attached hydrogen (secondary N) is 1. The number of hydrogen-bond acceptors (Lipinski definition) is 2. The molecule has 0 aliphatic heterocycles. The standard InChI is InChI=1S/C11H23N.C2H6O/c1-10(2)8-9-12-11-6-4-3-5-7-11;1-2-3/h10-12H,3-9H2,1-2H3;3H,2H2,1H3. The van der Waals surface area contributed by atoms with Crippen molar-refractivity contribution in [3.63, 3.8) is 0 Å². The molecule has 0 saturated heterocycles. The lowest BCUT2D eigenvalue weighted by molar-refractivity contribution is 0.318. The maximum absolute atomic E-state index is 7.57. The molecule has 1 rings (SSSR count). The Bertz CT molecular complexity index is 120. The highest BCUT2D eigenvalue weighted by atomic mass is 16.2. The fraction of sp³-hybridized carbons (Fsp3) is 1.00. The average molecular weight is 215 g/mol. The molecule has 0 amide bonds. The minimum Gasteiger partial charge on any atom is -0.397 e. The van der Waals surface area contributed by atoms with Gasteiger partial charge in [0.25, 0.3) is 0 Å².